The van der Waals surface area contributed by atoms with Gasteiger partial charge in [-0.3, -0.25) is 0 Å². The van der Waals surface area contributed by atoms with E-state index in [9.17, 15) is 0 Å². The Kier molecular flexibility index (Phi) is 5.22. The van der Waals surface area contributed by atoms with Gasteiger partial charge in [0.05, 0.1) is 6.04 Å². The zero-order valence-corrected chi connectivity index (χ0v) is 11.3. The first-order valence-corrected chi connectivity index (χ1v) is 6.64. The van der Waals surface area contributed by atoms with Crippen molar-refractivity contribution in [3.63, 3.8) is 0 Å². The third kappa shape index (κ3) is 3.98. The fourth-order valence-corrected chi connectivity index (χ4v) is 2.12. The molecule has 0 amide bonds. The second kappa shape index (κ2) is 7.41. The van der Waals surface area contributed by atoms with Crippen LogP contribution in [0.3, 0.4) is 0 Å². The summed E-state index contributed by atoms with van der Waals surface area (Å²) >= 11 is 0. The highest BCUT2D eigenvalue weighted by molar-refractivity contribution is 5.31. The maximum absolute atomic E-state index is 3.58. The van der Waals surface area contributed by atoms with E-state index in [0.717, 1.165) is 13.0 Å². The van der Waals surface area contributed by atoms with Crippen molar-refractivity contribution >= 4 is 0 Å². The van der Waals surface area contributed by atoms with Gasteiger partial charge < -0.3 is 5.32 Å². The molecule has 0 aliphatic heterocycles. The number of hydrogen-bond donors (Lipinski definition) is 1. The molecule has 0 fully saturated rings. The van der Waals surface area contributed by atoms with E-state index in [2.05, 4.69) is 65.7 Å². The summed E-state index contributed by atoms with van der Waals surface area (Å²) in [5.74, 6) is 6.03. The van der Waals surface area contributed by atoms with Crippen LogP contribution in [0, 0.1) is 11.8 Å². The van der Waals surface area contributed by atoms with Gasteiger partial charge in [0.1, 0.15) is 0 Å². The van der Waals surface area contributed by atoms with Crippen LogP contribution in [-0.2, 0) is 0 Å². The molecule has 0 saturated heterocycles. The van der Waals surface area contributed by atoms with E-state index in [1.807, 2.05) is 19.1 Å². The van der Waals surface area contributed by atoms with Crippen molar-refractivity contribution in [1.29, 1.82) is 0 Å². The van der Waals surface area contributed by atoms with Crippen molar-refractivity contribution in [2.45, 2.75) is 19.4 Å². The number of nitrogens with one attached hydrogen (secondary N) is 1. The maximum atomic E-state index is 3.58. The van der Waals surface area contributed by atoms with Gasteiger partial charge in [-0.15, -0.1) is 11.8 Å². The highest BCUT2D eigenvalue weighted by atomic mass is 14.9. The summed E-state index contributed by atoms with van der Waals surface area (Å²) in [4.78, 5) is 0. The largest absolute Gasteiger partial charge is 0.305 e. The zero-order chi connectivity index (χ0) is 13.3. The third-order valence-corrected chi connectivity index (χ3v) is 3.04. The molecule has 1 heteroatoms. The molecule has 0 bridgehead atoms. The Morgan fingerprint density at radius 1 is 0.895 bits per heavy atom. The molecular weight excluding hydrogens is 230 g/mol. The van der Waals surface area contributed by atoms with Crippen molar-refractivity contribution in [2.24, 2.45) is 0 Å². The molecule has 0 heterocycles. The second-order valence-electron chi connectivity index (χ2n) is 4.39. The maximum Gasteiger partial charge on any atom is 0.0577 e. The molecule has 0 spiro atoms. The Bertz CT molecular complexity index is 495. The first-order chi connectivity index (χ1) is 9.42. The van der Waals surface area contributed by atoms with Crippen LogP contribution >= 0.6 is 0 Å². The Morgan fingerprint density at radius 3 is 1.89 bits per heavy atom. The lowest BCUT2D eigenvalue weighted by molar-refractivity contribution is 0.614. The van der Waals surface area contributed by atoms with Gasteiger partial charge in [-0.2, -0.15) is 0 Å². The summed E-state index contributed by atoms with van der Waals surface area (Å²) < 4.78 is 0. The van der Waals surface area contributed by atoms with Gasteiger partial charge in [-0.05, 0) is 18.1 Å². The molecule has 0 aromatic heterocycles. The van der Waals surface area contributed by atoms with Crippen LogP contribution in [0.25, 0.3) is 0 Å². The molecule has 0 aliphatic rings. The van der Waals surface area contributed by atoms with E-state index < -0.39 is 0 Å². The van der Waals surface area contributed by atoms with Gasteiger partial charge in [0.15, 0.2) is 0 Å². The summed E-state index contributed by atoms with van der Waals surface area (Å²) in [6, 6.07) is 21.3. The molecule has 0 radical (unpaired) electrons. The molecule has 0 atom stereocenters. The van der Waals surface area contributed by atoms with Gasteiger partial charge in [0, 0.05) is 13.0 Å². The SMILES string of the molecule is CC#CCCNC(c1ccccc1)c1ccccc1. The van der Waals surface area contributed by atoms with Crippen molar-refractivity contribution in [1.82, 2.24) is 5.32 Å². The van der Waals surface area contributed by atoms with Crippen LogP contribution in [0.4, 0.5) is 0 Å². The zero-order valence-electron chi connectivity index (χ0n) is 11.3. The van der Waals surface area contributed by atoms with Gasteiger partial charge in [0.25, 0.3) is 0 Å². The lowest BCUT2D eigenvalue weighted by Gasteiger charge is -2.19. The first-order valence-electron chi connectivity index (χ1n) is 6.64. The number of rotatable bonds is 5. The summed E-state index contributed by atoms with van der Waals surface area (Å²) in [6.07, 6.45) is 0.882. The minimum atomic E-state index is 0.237. The van der Waals surface area contributed by atoms with E-state index in [1.54, 1.807) is 0 Å². The standard InChI is InChI=1S/C18H19N/c1-2-3-10-15-19-18(16-11-6-4-7-12-16)17-13-8-5-9-14-17/h4-9,11-14,18-19H,10,15H2,1H3. The summed E-state index contributed by atoms with van der Waals surface area (Å²) in [7, 11) is 0. The number of benzene rings is 2. The van der Waals surface area contributed by atoms with Crippen LogP contribution in [0.5, 0.6) is 0 Å². The highest BCUT2D eigenvalue weighted by Gasteiger charge is 2.11. The molecular formula is C18H19N. The smallest absolute Gasteiger partial charge is 0.0577 e. The van der Waals surface area contributed by atoms with Gasteiger partial charge in [-0.1, -0.05) is 60.7 Å². The summed E-state index contributed by atoms with van der Waals surface area (Å²) in [6.45, 7) is 2.78. The third-order valence-electron chi connectivity index (χ3n) is 3.04. The lowest BCUT2D eigenvalue weighted by Crippen LogP contribution is -2.23. The monoisotopic (exact) mass is 249 g/mol. The summed E-state index contributed by atoms with van der Waals surface area (Å²) in [5.41, 5.74) is 2.58. The topological polar surface area (TPSA) is 12.0 Å². The molecule has 1 nitrogen and oxygen atoms in total. The van der Waals surface area contributed by atoms with Crippen LogP contribution in [0.15, 0.2) is 60.7 Å². The van der Waals surface area contributed by atoms with Crippen molar-refractivity contribution in [3.05, 3.63) is 71.8 Å². The molecule has 1 N–H and O–H groups in total. The predicted octanol–water partition coefficient (Wildman–Crippen LogP) is 3.78. The average molecular weight is 249 g/mol. The number of hydrogen-bond acceptors (Lipinski definition) is 1. The van der Waals surface area contributed by atoms with E-state index in [4.69, 9.17) is 0 Å². The van der Waals surface area contributed by atoms with Gasteiger partial charge in [-0.25, -0.2) is 0 Å². The molecule has 19 heavy (non-hydrogen) atoms. The molecule has 96 valence electrons. The Hall–Kier alpha value is -2.04. The lowest BCUT2D eigenvalue weighted by atomic mass is 9.99. The molecule has 0 unspecified atom stereocenters. The molecule has 2 aromatic rings. The first kappa shape index (κ1) is 13.4. The minimum absolute atomic E-state index is 0.237. The van der Waals surface area contributed by atoms with Crippen LogP contribution in [-0.4, -0.2) is 6.54 Å². The van der Waals surface area contributed by atoms with Crippen molar-refractivity contribution < 1.29 is 0 Å². The quantitative estimate of drug-likeness (QED) is 0.628. The molecule has 0 saturated carbocycles. The second-order valence-corrected chi connectivity index (χ2v) is 4.39. The Labute approximate surface area is 115 Å². The van der Waals surface area contributed by atoms with Crippen LogP contribution < -0.4 is 5.32 Å². The Balaban J connectivity index is 2.16. The average Bonchev–Trinajstić information content (AvgIpc) is 2.49. The summed E-state index contributed by atoms with van der Waals surface area (Å²) in [5, 5.41) is 3.58. The predicted molar refractivity (Wildman–Crippen MR) is 80.8 cm³/mol. The fourth-order valence-electron chi connectivity index (χ4n) is 2.12. The van der Waals surface area contributed by atoms with E-state index in [1.165, 1.54) is 11.1 Å². The van der Waals surface area contributed by atoms with Crippen LogP contribution in [0.2, 0.25) is 0 Å². The molecule has 0 aliphatic carbocycles. The Morgan fingerprint density at radius 2 is 1.42 bits per heavy atom. The van der Waals surface area contributed by atoms with E-state index in [-0.39, 0.29) is 6.04 Å². The van der Waals surface area contributed by atoms with Crippen molar-refractivity contribution in [2.75, 3.05) is 6.54 Å². The van der Waals surface area contributed by atoms with E-state index >= 15 is 0 Å². The fraction of sp³-hybridized carbons (Fsp3) is 0.222. The normalized spacial score (nSPS) is 10.0. The van der Waals surface area contributed by atoms with Gasteiger partial charge >= 0.3 is 0 Å². The minimum Gasteiger partial charge on any atom is -0.305 e. The molecule has 2 aromatic carbocycles. The van der Waals surface area contributed by atoms with Gasteiger partial charge in [0.2, 0.25) is 0 Å². The van der Waals surface area contributed by atoms with E-state index in [0.29, 0.717) is 0 Å². The van der Waals surface area contributed by atoms with Crippen LogP contribution in [0.1, 0.15) is 30.5 Å². The molecule has 2 rings (SSSR count). The highest BCUT2D eigenvalue weighted by Crippen LogP contribution is 2.21. The van der Waals surface area contributed by atoms with Crippen molar-refractivity contribution in [3.8, 4) is 11.8 Å².